The fraction of sp³-hybridized carbons (Fsp3) is 0. The Bertz CT molecular complexity index is 709. The average Bonchev–Trinajstić information content (AvgIpc) is 2.48. The number of benzene rings is 2. The number of aromatic carboxylic acids is 2. The normalized spacial score (nSPS) is 10.5. The molecule has 0 unspecified atom stereocenters. The first kappa shape index (κ1) is 14.3. The lowest BCUT2D eigenvalue weighted by Gasteiger charge is -2.02. The summed E-state index contributed by atoms with van der Waals surface area (Å²) in [6.07, 6.45) is 1.31. The van der Waals surface area contributed by atoms with Crippen molar-refractivity contribution in [3.05, 3.63) is 65.2 Å². The molecule has 0 atom stereocenters. The second kappa shape index (κ2) is 6.33. The molecule has 106 valence electrons. The zero-order valence-electron chi connectivity index (χ0n) is 10.8. The molecule has 2 aromatic rings. The van der Waals surface area contributed by atoms with Crippen molar-refractivity contribution >= 4 is 18.2 Å². The van der Waals surface area contributed by atoms with E-state index in [0.717, 1.165) is 0 Å². The maximum atomic E-state index is 11.0. The Morgan fingerprint density at radius 2 is 1.76 bits per heavy atom. The molecule has 21 heavy (non-hydrogen) atoms. The third-order valence-corrected chi connectivity index (χ3v) is 2.60. The van der Waals surface area contributed by atoms with Gasteiger partial charge in [-0.25, -0.2) is 9.59 Å². The van der Waals surface area contributed by atoms with Gasteiger partial charge in [0.2, 0.25) is 0 Å². The predicted octanol–water partition coefficient (Wildman–Crippen LogP) is 2.50. The summed E-state index contributed by atoms with van der Waals surface area (Å²) in [5, 5.41) is 21.5. The van der Waals surface area contributed by atoms with Crippen molar-refractivity contribution in [2.45, 2.75) is 0 Å². The molecule has 0 bridgehead atoms. The van der Waals surface area contributed by atoms with Crippen molar-refractivity contribution in [1.29, 1.82) is 0 Å². The van der Waals surface area contributed by atoms with Gasteiger partial charge in [-0.1, -0.05) is 29.4 Å². The van der Waals surface area contributed by atoms with E-state index in [1.807, 2.05) is 0 Å². The molecule has 0 spiro atoms. The number of hydrogen-bond donors (Lipinski definition) is 2. The minimum absolute atomic E-state index is 0.00561. The van der Waals surface area contributed by atoms with E-state index in [2.05, 4.69) is 5.16 Å². The Morgan fingerprint density at radius 1 is 1.00 bits per heavy atom. The molecule has 6 heteroatoms. The molecule has 0 heterocycles. The van der Waals surface area contributed by atoms with E-state index in [1.165, 1.54) is 30.5 Å². The van der Waals surface area contributed by atoms with Gasteiger partial charge in [-0.05, 0) is 29.8 Å². The number of carboxylic acids is 2. The van der Waals surface area contributed by atoms with Crippen molar-refractivity contribution in [2.24, 2.45) is 5.16 Å². The average molecular weight is 285 g/mol. The molecule has 0 aliphatic heterocycles. The van der Waals surface area contributed by atoms with Gasteiger partial charge < -0.3 is 15.1 Å². The highest BCUT2D eigenvalue weighted by Gasteiger charge is 2.09. The van der Waals surface area contributed by atoms with E-state index in [0.29, 0.717) is 5.56 Å². The van der Waals surface area contributed by atoms with Crippen LogP contribution in [0.5, 0.6) is 5.75 Å². The zero-order valence-corrected chi connectivity index (χ0v) is 10.8. The van der Waals surface area contributed by atoms with Gasteiger partial charge in [-0.3, -0.25) is 0 Å². The smallest absolute Gasteiger partial charge is 0.339 e. The van der Waals surface area contributed by atoms with Crippen molar-refractivity contribution in [1.82, 2.24) is 0 Å². The number of hydrogen-bond acceptors (Lipinski definition) is 4. The lowest BCUT2D eigenvalue weighted by atomic mass is 10.1. The van der Waals surface area contributed by atoms with Crippen molar-refractivity contribution in [3.63, 3.8) is 0 Å². The van der Waals surface area contributed by atoms with Crippen LogP contribution in [0.15, 0.2) is 53.7 Å². The van der Waals surface area contributed by atoms with Gasteiger partial charge in [-0.15, -0.1) is 0 Å². The third kappa shape index (κ3) is 3.66. The van der Waals surface area contributed by atoms with Crippen LogP contribution in [0.3, 0.4) is 0 Å². The highest BCUT2D eigenvalue weighted by molar-refractivity contribution is 5.91. The molecular formula is C15H11NO5. The Hall–Kier alpha value is -3.15. The lowest BCUT2D eigenvalue weighted by molar-refractivity contribution is 0.0683. The molecular weight excluding hydrogens is 274 g/mol. The van der Waals surface area contributed by atoms with E-state index in [1.54, 1.807) is 24.3 Å². The minimum Gasteiger partial charge on any atom is -0.478 e. The van der Waals surface area contributed by atoms with Crippen LogP contribution in [-0.4, -0.2) is 28.4 Å². The van der Waals surface area contributed by atoms with Gasteiger partial charge >= 0.3 is 11.9 Å². The molecule has 0 amide bonds. The van der Waals surface area contributed by atoms with Crippen LogP contribution >= 0.6 is 0 Å². The largest absolute Gasteiger partial charge is 0.478 e. The quantitative estimate of drug-likeness (QED) is 0.650. The first-order valence-corrected chi connectivity index (χ1v) is 5.94. The fourth-order valence-corrected chi connectivity index (χ4v) is 1.62. The summed E-state index contributed by atoms with van der Waals surface area (Å²) < 4.78 is 0. The fourth-order valence-electron chi connectivity index (χ4n) is 1.62. The Labute approximate surface area is 119 Å². The molecule has 0 saturated heterocycles. The van der Waals surface area contributed by atoms with Crippen molar-refractivity contribution in [2.75, 3.05) is 0 Å². The Balaban J connectivity index is 2.15. The van der Waals surface area contributed by atoms with Gasteiger partial charge in [0.05, 0.1) is 11.8 Å². The molecule has 0 aliphatic rings. The SMILES string of the molecule is O=C(O)c1cccc(/C=N/Oc2ccccc2C(=O)O)c1. The Kier molecular flexibility index (Phi) is 4.30. The number of rotatable bonds is 5. The van der Waals surface area contributed by atoms with Crippen LogP contribution in [0, 0.1) is 0 Å². The second-order valence-electron chi connectivity index (χ2n) is 4.06. The summed E-state index contributed by atoms with van der Waals surface area (Å²) in [6.45, 7) is 0. The molecule has 2 N–H and O–H groups in total. The monoisotopic (exact) mass is 285 g/mol. The van der Waals surface area contributed by atoms with Crippen LogP contribution in [0.1, 0.15) is 26.3 Å². The van der Waals surface area contributed by atoms with E-state index in [-0.39, 0.29) is 16.9 Å². The van der Waals surface area contributed by atoms with Gasteiger partial charge in [0.25, 0.3) is 0 Å². The van der Waals surface area contributed by atoms with Crippen LogP contribution in [0.2, 0.25) is 0 Å². The number of carbonyl (C=O) groups is 2. The van der Waals surface area contributed by atoms with Crippen LogP contribution in [-0.2, 0) is 0 Å². The molecule has 0 aliphatic carbocycles. The highest BCUT2D eigenvalue weighted by Crippen LogP contribution is 2.17. The molecule has 6 nitrogen and oxygen atoms in total. The standard InChI is InChI=1S/C15H11NO5/c17-14(18)11-5-3-4-10(8-11)9-16-21-13-7-2-1-6-12(13)15(19)20/h1-9H,(H,17,18)(H,19,20)/b16-9+. The predicted molar refractivity (Wildman–Crippen MR) is 75.0 cm³/mol. The molecule has 2 aromatic carbocycles. The van der Waals surface area contributed by atoms with Gasteiger partial charge in [0.15, 0.2) is 5.75 Å². The summed E-state index contributed by atoms with van der Waals surface area (Å²) in [5.74, 6) is -2.05. The van der Waals surface area contributed by atoms with E-state index in [9.17, 15) is 9.59 Å². The topological polar surface area (TPSA) is 96.2 Å². The molecule has 0 radical (unpaired) electrons. The summed E-state index contributed by atoms with van der Waals surface area (Å²) in [6, 6.07) is 12.2. The van der Waals surface area contributed by atoms with Crippen LogP contribution in [0.25, 0.3) is 0 Å². The summed E-state index contributed by atoms with van der Waals surface area (Å²) in [7, 11) is 0. The van der Waals surface area contributed by atoms with Gasteiger partial charge in [0, 0.05) is 0 Å². The van der Waals surface area contributed by atoms with Crippen LogP contribution in [0.4, 0.5) is 0 Å². The lowest BCUT2D eigenvalue weighted by Crippen LogP contribution is -2.00. The van der Waals surface area contributed by atoms with Gasteiger partial charge in [-0.2, -0.15) is 0 Å². The third-order valence-electron chi connectivity index (χ3n) is 2.60. The zero-order chi connectivity index (χ0) is 15.2. The summed E-state index contributed by atoms with van der Waals surface area (Å²) in [5.41, 5.74) is 0.654. The van der Waals surface area contributed by atoms with E-state index in [4.69, 9.17) is 15.1 Å². The number of oxime groups is 1. The first-order chi connectivity index (χ1) is 10.1. The Morgan fingerprint density at radius 3 is 2.48 bits per heavy atom. The van der Waals surface area contributed by atoms with Gasteiger partial charge in [0.1, 0.15) is 5.56 Å². The van der Waals surface area contributed by atoms with Crippen LogP contribution < -0.4 is 4.84 Å². The summed E-state index contributed by atoms with van der Waals surface area (Å²) in [4.78, 5) is 26.8. The number of carboxylic acid groups (broad SMARTS) is 2. The van der Waals surface area contributed by atoms with E-state index >= 15 is 0 Å². The number of para-hydroxylation sites is 1. The van der Waals surface area contributed by atoms with Crippen molar-refractivity contribution < 1.29 is 24.6 Å². The molecule has 0 saturated carbocycles. The maximum Gasteiger partial charge on any atom is 0.339 e. The van der Waals surface area contributed by atoms with Crippen molar-refractivity contribution in [3.8, 4) is 5.75 Å². The highest BCUT2D eigenvalue weighted by atomic mass is 16.6. The summed E-state index contributed by atoms with van der Waals surface area (Å²) >= 11 is 0. The molecule has 0 fully saturated rings. The molecule has 0 aromatic heterocycles. The number of nitrogens with zero attached hydrogens (tertiary/aromatic N) is 1. The molecule has 2 rings (SSSR count). The second-order valence-corrected chi connectivity index (χ2v) is 4.06. The minimum atomic E-state index is -1.12. The first-order valence-electron chi connectivity index (χ1n) is 5.94. The maximum absolute atomic E-state index is 11.0. The van der Waals surface area contributed by atoms with E-state index < -0.39 is 11.9 Å².